The van der Waals surface area contributed by atoms with Crippen molar-refractivity contribution < 1.29 is 29.0 Å². The van der Waals surface area contributed by atoms with Gasteiger partial charge in [-0.15, -0.1) is 5.10 Å². The van der Waals surface area contributed by atoms with Crippen LogP contribution in [0.25, 0.3) is 5.69 Å². The molecule has 0 spiro atoms. The van der Waals surface area contributed by atoms with Crippen LogP contribution >= 0.6 is 11.6 Å². The van der Waals surface area contributed by atoms with Crippen LogP contribution in [-0.4, -0.2) is 117 Å². The average Bonchev–Trinajstić information content (AvgIpc) is 3.57. The number of rotatable bonds is 9. The van der Waals surface area contributed by atoms with Crippen molar-refractivity contribution in [2.75, 3.05) is 56.2 Å². The summed E-state index contributed by atoms with van der Waals surface area (Å²) in [6.07, 6.45) is 1.10. The van der Waals surface area contributed by atoms with E-state index in [1.165, 1.54) is 20.8 Å². The third kappa shape index (κ3) is 6.79. The highest BCUT2D eigenvalue weighted by Gasteiger charge is 2.40. The molecule has 3 aromatic rings. The molecule has 15 nitrogen and oxygen atoms in total. The van der Waals surface area contributed by atoms with E-state index in [2.05, 4.69) is 26.2 Å². The van der Waals surface area contributed by atoms with Crippen LogP contribution in [0.3, 0.4) is 0 Å². The van der Waals surface area contributed by atoms with Gasteiger partial charge in [0.1, 0.15) is 12.4 Å². The summed E-state index contributed by atoms with van der Waals surface area (Å²) in [4.78, 5) is 57.0. The Bertz CT molecular complexity index is 1500. The first-order chi connectivity index (χ1) is 21.3. The van der Waals surface area contributed by atoms with Crippen molar-refractivity contribution in [1.29, 1.82) is 0 Å². The van der Waals surface area contributed by atoms with Crippen LogP contribution in [0.4, 0.5) is 16.2 Å². The Morgan fingerprint density at radius 2 is 1.89 bits per heavy atom. The van der Waals surface area contributed by atoms with E-state index < -0.39 is 24.0 Å². The Morgan fingerprint density at radius 1 is 1.09 bits per heavy atom. The number of likely N-dealkylation sites (N-methyl/N-ethyl adjacent to an activating group) is 1. The van der Waals surface area contributed by atoms with Crippen molar-refractivity contribution in [3.63, 3.8) is 0 Å². The fraction of sp³-hybridized carbons (Fsp3) is 0.393. The highest BCUT2D eigenvalue weighted by molar-refractivity contribution is 6.41. The lowest BCUT2D eigenvalue weighted by Crippen LogP contribution is -2.61. The number of hydrogen-bond acceptors (Lipinski definition) is 9. The van der Waals surface area contributed by atoms with E-state index in [-0.39, 0.29) is 44.6 Å². The molecule has 1 aromatic heterocycles. The molecule has 2 atom stereocenters. The van der Waals surface area contributed by atoms with Crippen molar-refractivity contribution in [2.24, 2.45) is 0 Å². The van der Waals surface area contributed by atoms with Gasteiger partial charge in [-0.05, 0) is 53.2 Å². The summed E-state index contributed by atoms with van der Waals surface area (Å²) in [5.41, 5.74) is 2.09. The van der Waals surface area contributed by atoms with Gasteiger partial charge >= 0.3 is 17.8 Å². The highest BCUT2D eigenvalue weighted by Crippen LogP contribution is 2.30. The van der Waals surface area contributed by atoms with Crippen molar-refractivity contribution in [3.05, 3.63) is 59.4 Å². The minimum Gasteiger partial charge on any atom is -0.394 e. The maximum Gasteiger partial charge on any atom is 0.322 e. The summed E-state index contributed by atoms with van der Waals surface area (Å²) in [7, 11) is 0. The van der Waals surface area contributed by atoms with Gasteiger partial charge in [-0.1, -0.05) is 23.7 Å². The van der Waals surface area contributed by atoms with Gasteiger partial charge in [0, 0.05) is 43.3 Å². The zero-order chi connectivity index (χ0) is 31.2. The summed E-state index contributed by atoms with van der Waals surface area (Å²) in [6.45, 7) is 3.18. The standard InChI is InChI=1S/C28H32ClN9O6/c1-2-30-25(40)24(13-18-3-6-20(7-4-18)32-28(43)35-11-12-44-21(15-35)16-39)37-10-9-36(26(41)27(37)42)23-14-19(29)5-8-22(23)38-17-31-33-34-38/h3-8,14,17,21,24,39H,2,9-13,15-16H2,1H3,(H,30,40)(H,32,43)/t21-,24-/m0/s1. The fourth-order valence-corrected chi connectivity index (χ4v) is 5.32. The molecule has 16 heteroatoms. The third-order valence-electron chi connectivity index (χ3n) is 7.37. The first kappa shape index (κ1) is 30.8. The second kappa shape index (κ2) is 13.8. The van der Waals surface area contributed by atoms with Crippen molar-refractivity contribution in [2.45, 2.75) is 25.5 Å². The lowest BCUT2D eigenvalue weighted by atomic mass is 10.0. The number of tetrazole rings is 1. The van der Waals surface area contributed by atoms with E-state index in [1.807, 2.05) is 0 Å². The third-order valence-corrected chi connectivity index (χ3v) is 7.61. The number of carbonyl (C=O) groups is 4. The highest BCUT2D eigenvalue weighted by atomic mass is 35.5. The number of ether oxygens (including phenoxy) is 1. The topological polar surface area (TPSA) is 175 Å². The van der Waals surface area contributed by atoms with Gasteiger partial charge in [-0.25, -0.2) is 4.79 Å². The first-order valence-corrected chi connectivity index (χ1v) is 14.5. The number of anilines is 2. The number of amides is 5. The van der Waals surface area contributed by atoms with E-state index in [9.17, 15) is 24.3 Å². The quantitative estimate of drug-likeness (QED) is 0.285. The minimum absolute atomic E-state index is 0.0937. The molecular weight excluding hydrogens is 594 g/mol. The Hall–Kier alpha value is -4.60. The van der Waals surface area contributed by atoms with Crippen LogP contribution < -0.4 is 15.5 Å². The minimum atomic E-state index is -0.948. The number of aliphatic hydroxyl groups excluding tert-OH is 1. The fourth-order valence-electron chi connectivity index (χ4n) is 5.16. The smallest absolute Gasteiger partial charge is 0.322 e. The molecule has 2 saturated heterocycles. The first-order valence-electron chi connectivity index (χ1n) is 14.1. The van der Waals surface area contributed by atoms with Gasteiger partial charge in [0.25, 0.3) is 0 Å². The number of hydrogen-bond donors (Lipinski definition) is 3. The maximum atomic E-state index is 13.5. The van der Waals surface area contributed by atoms with Crippen LogP contribution in [0.5, 0.6) is 0 Å². The normalized spacial score (nSPS) is 17.9. The molecule has 2 aliphatic heterocycles. The number of halogens is 1. The largest absolute Gasteiger partial charge is 0.394 e. The molecule has 3 heterocycles. The predicted octanol–water partition coefficient (Wildman–Crippen LogP) is 0.463. The van der Waals surface area contributed by atoms with Crippen molar-refractivity contribution >= 4 is 46.7 Å². The lowest BCUT2D eigenvalue weighted by molar-refractivity contribution is -0.150. The molecular formula is C28H32ClN9O6. The van der Waals surface area contributed by atoms with E-state index >= 15 is 0 Å². The molecule has 2 aromatic carbocycles. The van der Waals surface area contributed by atoms with Crippen LogP contribution in [0.1, 0.15) is 12.5 Å². The summed E-state index contributed by atoms with van der Waals surface area (Å²) in [5.74, 6) is -2.03. The SMILES string of the molecule is CCNC(=O)[C@H](Cc1ccc(NC(=O)N2CCO[C@H](CO)C2)cc1)N1CCN(c2cc(Cl)ccc2-n2cnnn2)C(=O)C1=O. The molecule has 2 aliphatic rings. The Morgan fingerprint density at radius 3 is 2.59 bits per heavy atom. The molecule has 0 unspecified atom stereocenters. The molecule has 0 bridgehead atoms. The van der Waals surface area contributed by atoms with E-state index in [0.717, 1.165) is 5.56 Å². The maximum absolute atomic E-state index is 13.5. The number of carbonyl (C=O) groups excluding carboxylic acids is 4. The van der Waals surface area contributed by atoms with Gasteiger partial charge < -0.3 is 35.2 Å². The van der Waals surface area contributed by atoms with Crippen molar-refractivity contribution in [3.8, 4) is 5.69 Å². The molecule has 3 N–H and O–H groups in total. The molecule has 5 rings (SSSR count). The molecule has 2 fully saturated rings. The zero-order valence-corrected chi connectivity index (χ0v) is 24.7. The summed E-state index contributed by atoms with van der Waals surface area (Å²) < 4.78 is 6.76. The van der Waals surface area contributed by atoms with Crippen LogP contribution in [0.15, 0.2) is 48.8 Å². The second-order valence-electron chi connectivity index (χ2n) is 10.2. The van der Waals surface area contributed by atoms with Gasteiger partial charge in [0.15, 0.2) is 0 Å². The molecule has 44 heavy (non-hydrogen) atoms. The number of morpholine rings is 1. The van der Waals surface area contributed by atoms with E-state index in [1.54, 1.807) is 54.3 Å². The van der Waals surface area contributed by atoms with Crippen LogP contribution in [0.2, 0.25) is 5.02 Å². The summed E-state index contributed by atoms with van der Waals surface area (Å²) >= 11 is 6.23. The number of aromatic nitrogens is 4. The number of nitrogens with zero attached hydrogens (tertiary/aromatic N) is 7. The monoisotopic (exact) mass is 625 g/mol. The zero-order valence-electron chi connectivity index (χ0n) is 23.9. The van der Waals surface area contributed by atoms with Crippen molar-refractivity contribution in [1.82, 2.24) is 35.3 Å². The van der Waals surface area contributed by atoms with Crippen LogP contribution in [0, 0.1) is 0 Å². The number of aliphatic hydroxyl groups is 1. The number of nitrogens with one attached hydrogen (secondary N) is 2. The molecule has 0 aliphatic carbocycles. The number of benzene rings is 2. The molecule has 0 saturated carbocycles. The molecule has 232 valence electrons. The van der Waals surface area contributed by atoms with Gasteiger partial charge in [0.2, 0.25) is 5.91 Å². The van der Waals surface area contributed by atoms with E-state index in [4.69, 9.17) is 16.3 Å². The number of piperazine rings is 1. The molecule has 0 radical (unpaired) electrons. The predicted molar refractivity (Wildman–Crippen MR) is 158 cm³/mol. The van der Waals surface area contributed by atoms with Gasteiger partial charge in [-0.2, -0.15) is 4.68 Å². The van der Waals surface area contributed by atoms with Gasteiger partial charge in [0.05, 0.1) is 37.2 Å². The second-order valence-corrected chi connectivity index (χ2v) is 10.6. The van der Waals surface area contributed by atoms with E-state index in [0.29, 0.717) is 41.8 Å². The Kier molecular flexibility index (Phi) is 9.67. The Labute approximate surface area is 257 Å². The summed E-state index contributed by atoms with van der Waals surface area (Å²) in [5, 5.41) is 26.5. The summed E-state index contributed by atoms with van der Waals surface area (Å²) in [6, 6.07) is 10.5. The molecule has 5 amide bonds. The van der Waals surface area contributed by atoms with Gasteiger partial charge in [-0.3, -0.25) is 14.4 Å². The average molecular weight is 626 g/mol. The van der Waals surface area contributed by atoms with Crippen LogP contribution in [-0.2, 0) is 25.5 Å². The lowest BCUT2D eigenvalue weighted by Gasteiger charge is -2.38. The number of urea groups is 1. The Balaban J connectivity index is 1.30.